The largest absolute Gasteiger partial charge is 0.348 e. The molecule has 0 aliphatic heterocycles. The second kappa shape index (κ2) is 5.66. The first-order valence-electron chi connectivity index (χ1n) is 6.63. The first kappa shape index (κ1) is 13.2. The lowest BCUT2D eigenvalue weighted by atomic mass is 10.1. The monoisotopic (exact) mass is 291 g/mol. The molecule has 1 saturated carbocycles. The van der Waals surface area contributed by atoms with E-state index >= 15 is 0 Å². The molecule has 20 heavy (non-hydrogen) atoms. The summed E-state index contributed by atoms with van der Waals surface area (Å²) in [7, 11) is 0. The van der Waals surface area contributed by atoms with Crippen molar-refractivity contribution in [2.24, 2.45) is 0 Å². The number of aromatic nitrogens is 2. The minimum absolute atomic E-state index is 0.133. The minimum Gasteiger partial charge on any atom is -0.348 e. The molecule has 0 atom stereocenters. The highest BCUT2D eigenvalue weighted by Crippen LogP contribution is 2.25. The van der Waals surface area contributed by atoms with Gasteiger partial charge in [-0.3, -0.25) is 4.79 Å². The van der Waals surface area contributed by atoms with Crippen LogP contribution < -0.4 is 5.32 Å². The summed E-state index contributed by atoms with van der Waals surface area (Å²) in [6, 6.07) is 6.18. The first-order valence-corrected chi connectivity index (χ1v) is 7.40. The molecule has 6 heteroatoms. The highest BCUT2D eigenvalue weighted by atomic mass is 32.1. The van der Waals surface area contributed by atoms with Crippen LogP contribution in [0.15, 0.2) is 24.3 Å². The highest BCUT2D eigenvalue weighted by Gasteiger charge is 2.22. The molecule has 0 bridgehead atoms. The van der Waals surface area contributed by atoms with Gasteiger partial charge in [-0.15, -0.1) is 5.10 Å². The Labute approximate surface area is 120 Å². The smallest absolute Gasteiger partial charge is 0.265 e. The molecule has 1 N–H and O–H groups in total. The van der Waals surface area contributed by atoms with Crippen molar-refractivity contribution in [2.45, 2.75) is 31.7 Å². The van der Waals surface area contributed by atoms with Crippen molar-refractivity contribution in [2.75, 3.05) is 0 Å². The third-order valence-corrected chi connectivity index (χ3v) is 4.23. The van der Waals surface area contributed by atoms with Gasteiger partial charge in [0.25, 0.3) is 5.91 Å². The molecule has 1 fully saturated rings. The first-order chi connectivity index (χ1) is 9.74. The zero-order valence-corrected chi connectivity index (χ0v) is 11.6. The standard InChI is InChI=1S/C14H14FN3OS/c15-10-7-5-9(6-8-10)12-13(20-18-17-12)14(19)16-11-3-1-2-4-11/h5-8,11H,1-4H2,(H,16,19). The van der Waals surface area contributed by atoms with Gasteiger partial charge in [0, 0.05) is 11.6 Å². The number of hydrogen-bond acceptors (Lipinski definition) is 4. The molecule has 104 valence electrons. The molecule has 1 aliphatic carbocycles. The van der Waals surface area contributed by atoms with Gasteiger partial charge in [0.2, 0.25) is 0 Å². The van der Waals surface area contributed by atoms with Gasteiger partial charge < -0.3 is 5.32 Å². The van der Waals surface area contributed by atoms with Crippen molar-refractivity contribution in [3.8, 4) is 11.3 Å². The van der Waals surface area contributed by atoms with Gasteiger partial charge in [-0.1, -0.05) is 17.3 Å². The maximum Gasteiger partial charge on any atom is 0.265 e. The van der Waals surface area contributed by atoms with Crippen LogP contribution in [0.25, 0.3) is 11.3 Å². The average Bonchev–Trinajstić information content (AvgIpc) is 3.10. The van der Waals surface area contributed by atoms with E-state index in [4.69, 9.17) is 0 Å². The average molecular weight is 291 g/mol. The number of halogens is 1. The summed E-state index contributed by atoms with van der Waals surface area (Å²) >= 11 is 1.07. The van der Waals surface area contributed by atoms with E-state index < -0.39 is 0 Å². The number of carbonyl (C=O) groups excluding carboxylic acids is 1. The van der Waals surface area contributed by atoms with E-state index in [9.17, 15) is 9.18 Å². The Morgan fingerprint density at radius 1 is 1.25 bits per heavy atom. The third-order valence-electron chi connectivity index (χ3n) is 3.50. The molecular formula is C14H14FN3OS. The van der Waals surface area contributed by atoms with E-state index in [1.807, 2.05) is 0 Å². The van der Waals surface area contributed by atoms with E-state index in [1.165, 1.54) is 12.1 Å². The zero-order chi connectivity index (χ0) is 13.9. The summed E-state index contributed by atoms with van der Waals surface area (Å²) in [4.78, 5) is 12.8. The Bertz CT molecular complexity index is 605. The summed E-state index contributed by atoms with van der Waals surface area (Å²) < 4.78 is 16.8. The number of carbonyl (C=O) groups is 1. The SMILES string of the molecule is O=C(NC1CCCC1)c1snnc1-c1ccc(F)cc1. The lowest BCUT2D eigenvalue weighted by Crippen LogP contribution is -2.32. The summed E-state index contributed by atoms with van der Waals surface area (Å²) in [6.45, 7) is 0. The molecule has 1 aromatic carbocycles. The number of nitrogens with zero attached hydrogens (tertiary/aromatic N) is 2. The predicted molar refractivity (Wildman–Crippen MR) is 75.0 cm³/mol. The summed E-state index contributed by atoms with van der Waals surface area (Å²) in [5.74, 6) is -0.444. The van der Waals surface area contributed by atoms with Crippen molar-refractivity contribution in [1.82, 2.24) is 14.9 Å². The minimum atomic E-state index is -0.311. The fourth-order valence-electron chi connectivity index (χ4n) is 2.46. The van der Waals surface area contributed by atoms with Gasteiger partial charge in [0.15, 0.2) is 0 Å². The topological polar surface area (TPSA) is 54.9 Å². The summed E-state index contributed by atoms with van der Waals surface area (Å²) in [6.07, 6.45) is 4.39. The molecule has 1 heterocycles. The second-order valence-electron chi connectivity index (χ2n) is 4.91. The normalized spacial score (nSPS) is 15.4. The molecule has 1 aromatic heterocycles. The number of hydrogen-bond donors (Lipinski definition) is 1. The molecule has 2 aromatic rings. The zero-order valence-electron chi connectivity index (χ0n) is 10.8. The molecule has 1 aliphatic rings. The van der Waals surface area contributed by atoms with Crippen LogP contribution in [0.3, 0.4) is 0 Å². The number of amides is 1. The van der Waals surface area contributed by atoms with Crippen LogP contribution >= 0.6 is 11.5 Å². The molecule has 1 amide bonds. The Morgan fingerprint density at radius 3 is 2.65 bits per heavy atom. The van der Waals surface area contributed by atoms with E-state index in [-0.39, 0.29) is 17.8 Å². The van der Waals surface area contributed by atoms with Crippen LogP contribution in [0.4, 0.5) is 4.39 Å². The fourth-order valence-corrected chi connectivity index (χ4v) is 3.05. The van der Waals surface area contributed by atoms with Crippen molar-refractivity contribution in [1.29, 1.82) is 0 Å². The molecular weight excluding hydrogens is 277 g/mol. The lowest BCUT2D eigenvalue weighted by Gasteiger charge is -2.11. The van der Waals surface area contributed by atoms with Crippen LogP contribution in [-0.4, -0.2) is 21.5 Å². The van der Waals surface area contributed by atoms with E-state index in [0.29, 0.717) is 16.1 Å². The Morgan fingerprint density at radius 2 is 1.95 bits per heavy atom. The number of nitrogens with one attached hydrogen (secondary N) is 1. The Balaban J connectivity index is 1.82. The summed E-state index contributed by atoms with van der Waals surface area (Å²) in [5, 5.41) is 7.02. The maximum absolute atomic E-state index is 12.9. The van der Waals surface area contributed by atoms with Gasteiger partial charge in [0.05, 0.1) is 0 Å². The molecule has 3 rings (SSSR count). The van der Waals surface area contributed by atoms with Gasteiger partial charge in [0.1, 0.15) is 16.4 Å². The van der Waals surface area contributed by atoms with Gasteiger partial charge in [-0.25, -0.2) is 4.39 Å². The molecule has 0 saturated heterocycles. The van der Waals surface area contributed by atoms with Gasteiger partial charge >= 0.3 is 0 Å². The lowest BCUT2D eigenvalue weighted by molar-refractivity contribution is 0.0942. The van der Waals surface area contributed by atoms with Gasteiger partial charge in [-0.05, 0) is 48.6 Å². The van der Waals surface area contributed by atoms with Gasteiger partial charge in [-0.2, -0.15) is 0 Å². The fraction of sp³-hybridized carbons (Fsp3) is 0.357. The molecule has 0 unspecified atom stereocenters. The predicted octanol–water partition coefficient (Wildman–Crippen LogP) is 3.02. The molecule has 0 spiro atoms. The highest BCUT2D eigenvalue weighted by molar-refractivity contribution is 7.08. The Kier molecular flexibility index (Phi) is 3.73. The molecule has 0 radical (unpaired) electrons. The van der Waals surface area contributed by atoms with E-state index in [2.05, 4.69) is 14.9 Å². The maximum atomic E-state index is 12.9. The number of rotatable bonds is 3. The van der Waals surface area contributed by atoms with Crippen molar-refractivity contribution in [3.05, 3.63) is 35.0 Å². The van der Waals surface area contributed by atoms with Crippen LogP contribution in [0.2, 0.25) is 0 Å². The van der Waals surface area contributed by atoms with Crippen molar-refractivity contribution >= 4 is 17.4 Å². The van der Waals surface area contributed by atoms with Crippen LogP contribution in [-0.2, 0) is 0 Å². The Hall–Kier alpha value is -1.82. The van der Waals surface area contributed by atoms with Crippen molar-refractivity contribution in [3.63, 3.8) is 0 Å². The van der Waals surface area contributed by atoms with Crippen LogP contribution in [0.5, 0.6) is 0 Å². The summed E-state index contributed by atoms with van der Waals surface area (Å²) in [5.41, 5.74) is 1.22. The van der Waals surface area contributed by atoms with Crippen molar-refractivity contribution < 1.29 is 9.18 Å². The van der Waals surface area contributed by atoms with E-state index in [1.54, 1.807) is 12.1 Å². The number of benzene rings is 1. The third kappa shape index (κ3) is 2.70. The second-order valence-corrected chi connectivity index (χ2v) is 5.67. The molecule has 4 nitrogen and oxygen atoms in total. The van der Waals surface area contributed by atoms with Crippen LogP contribution in [0, 0.1) is 5.82 Å². The van der Waals surface area contributed by atoms with Crippen LogP contribution in [0.1, 0.15) is 35.4 Å². The van der Waals surface area contributed by atoms with E-state index in [0.717, 1.165) is 37.2 Å². The quantitative estimate of drug-likeness (QED) is 0.945.